The molecule has 0 saturated heterocycles. The van der Waals surface area contributed by atoms with Crippen molar-refractivity contribution in [3.63, 3.8) is 0 Å². The summed E-state index contributed by atoms with van der Waals surface area (Å²) in [5, 5.41) is 0. The largest absolute Gasteiger partial charge is 0.454 e. The van der Waals surface area contributed by atoms with E-state index in [4.69, 9.17) is 4.74 Å². The van der Waals surface area contributed by atoms with Crippen LogP contribution in [0.1, 0.15) is 20.7 Å². The second-order valence-corrected chi connectivity index (χ2v) is 7.10. The molecule has 27 heavy (non-hydrogen) atoms. The van der Waals surface area contributed by atoms with E-state index in [1.165, 1.54) is 29.0 Å². The van der Waals surface area contributed by atoms with Gasteiger partial charge in [-0.1, -0.05) is 36.4 Å². The topological polar surface area (TPSA) is 89.5 Å². The van der Waals surface area contributed by atoms with E-state index in [1.54, 1.807) is 18.2 Å². The normalized spacial score (nSPS) is 11.8. The van der Waals surface area contributed by atoms with Crippen molar-refractivity contribution < 1.29 is 35.9 Å². The summed E-state index contributed by atoms with van der Waals surface area (Å²) in [7, 11) is -4.47. The average molecular weight is 401 g/mol. The molecule has 0 bridgehead atoms. The number of alkyl halides is 3. The quantitative estimate of drug-likeness (QED) is 0.569. The lowest BCUT2D eigenvalue weighted by molar-refractivity contribution is -0.121. The summed E-state index contributed by atoms with van der Waals surface area (Å²) in [6.07, 6.45) is -4.72. The van der Waals surface area contributed by atoms with Crippen LogP contribution in [0.4, 0.5) is 13.2 Å². The van der Waals surface area contributed by atoms with Crippen LogP contribution in [0, 0.1) is 0 Å². The maximum atomic E-state index is 12.2. The zero-order valence-electron chi connectivity index (χ0n) is 13.7. The molecule has 2 aromatic rings. The fourth-order valence-electron chi connectivity index (χ4n) is 1.97. The molecule has 6 nitrogen and oxygen atoms in total. The molecule has 0 atom stereocenters. The lowest BCUT2D eigenvalue weighted by Gasteiger charge is -2.10. The van der Waals surface area contributed by atoms with Gasteiger partial charge in [0.25, 0.3) is 0 Å². The molecule has 0 aliphatic rings. The molecule has 144 valence electrons. The van der Waals surface area contributed by atoms with E-state index in [2.05, 4.69) is 0 Å². The highest BCUT2D eigenvalue weighted by atomic mass is 32.2. The summed E-state index contributed by atoms with van der Waals surface area (Å²) >= 11 is 0. The fourth-order valence-corrected chi connectivity index (χ4v) is 3.03. The van der Waals surface area contributed by atoms with Gasteiger partial charge in [-0.2, -0.15) is 13.2 Å². The number of carbonyl (C=O) groups excluding carboxylic acids is 2. The van der Waals surface area contributed by atoms with Gasteiger partial charge in [0.05, 0.1) is 10.5 Å². The number of benzene rings is 2. The number of esters is 1. The molecule has 2 aromatic carbocycles. The molecule has 0 unspecified atom stereocenters. The summed E-state index contributed by atoms with van der Waals surface area (Å²) in [5.74, 6) is -1.44. The van der Waals surface area contributed by atoms with Crippen LogP contribution in [0.25, 0.3) is 0 Å². The van der Waals surface area contributed by atoms with E-state index in [1.807, 2.05) is 0 Å². The van der Waals surface area contributed by atoms with Gasteiger partial charge in [-0.15, -0.1) is 0 Å². The SMILES string of the molecule is O=C(COC(=O)c1cccc(S(=O)(=O)NCC(F)(F)F)c1)c1ccccc1. The van der Waals surface area contributed by atoms with Crippen molar-refractivity contribution in [1.29, 1.82) is 0 Å². The minimum Gasteiger partial charge on any atom is -0.454 e. The first kappa shape index (κ1) is 20.6. The van der Waals surface area contributed by atoms with Gasteiger partial charge in [-0.25, -0.2) is 17.9 Å². The number of hydrogen-bond donors (Lipinski definition) is 1. The number of hydrogen-bond acceptors (Lipinski definition) is 5. The summed E-state index contributed by atoms with van der Waals surface area (Å²) < 4.78 is 66.6. The van der Waals surface area contributed by atoms with Crippen molar-refractivity contribution in [2.75, 3.05) is 13.2 Å². The zero-order valence-corrected chi connectivity index (χ0v) is 14.5. The van der Waals surface area contributed by atoms with Gasteiger partial charge < -0.3 is 4.74 Å². The third kappa shape index (κ3) is 6.19. The van der Waals surface area contributed by atoms with Crippen LogP contribution in [0.15, 0.2) is 59.5 Å². The number of halogens is 3. The van der Waals surface area contributed by atoms with Gasteiger partial charge in [-0.3, -0.25) is 4.79 Å². The maximum Gasteiger partial charge on any atom is 0.402 e. The molecule has 0 aliphatic heterocycles. The third-order valence-electron chi connectivity index (χ3n) is 3.27. The minimum atomic E-state index is -4.72. The number of rotatable bonds is 7. The Hall–Kier alpha value is -2.72. The second kappa shape index (κ2) is 8.31. The highest BCUT2D eigenvalue weighted by Gasteiger charge is 2.30. The Kier molecular flexibility index (Phi) is 6.34. The van der Waals surface area contributed by atoms with Crippen LogP contribution in [0.3, 0.4) is 0 Å². The van der Waals surface area contributed by atoms with Gasteiger partial charge in [-0.05, 0) is 18.2 Å². The Morgan fingerprint density at radius 3 is 2.22 bits per heavy atom. The van der Waals surface area contributed by atoms with Gasteiger partial charge in [0.15, 0.2) is 12.4 Å². The lowest BCUT2D eigenvalue weighted by Crippen LogP contribution is -2.33. The van der Waals surface area contributed by atoms with Crippen molar-refractivity contribution in [2.24, 2.45) is 0 Å². The average Bonchev–Trinajstić information content (AvgIpc) is 2.64. The first-order valence-electron chi connectivity index (χ1n) is 7.50. The van der Waals surface area contributed by atoms with Gasteiger partial charge in [0.2, 0.25) is 10.0 Å². The van der Waals surface area contributed by atoms with E-state index in [9.17, 15) is 31.2 Å². The van der Waals surface area contributed by atoms with E-state index >= 15 is 0 Å². The summed E-state index contributed by atoms with van der Waals surface area (Å²) in [4.78, 5) is 23.4. The van der Waals surface area contributed by atoms with Gasteiger partial charge in [0.1, 0.15) is 6.54 Å². The molecule has 0 aliphatic carbocycles. The molecule has 0 fully saturated rings. The van der Waals surface area contributed by atoms with Crippen LogP contribution in [-0.2, 0) is 14.8 Å². The third-order valence-corrected chi connectivity index (χ3v) is 4.67. The molecule has 1 N–H and O–H groups in total. The zero-order chi connectivity index (χ0) is 20.1. The van der Waals surface area contributed by atoms with Crippen molar-refractivity contribution in [2.45, 2.75) is 11.1 Å². The minimum absolute atomic E-state index is 0.217. The predicted octanol–water partition coefficient (Wildman–Crippen LogP) is 2.57. The first-order chi connectivity index (χ1) is 12.6. The lowest BCUT2D eigenvalue weighted by atomic mass is 10.1. The number of ketones is 1. The summed E-state index contributed by atoms with van der Waals surface area (Å²) in [5.41, 5.74) is 0.115. The number of Topliss-reactive ketones (excluding diaryl/α,β-unsaturated/α-hetero) is 1. The van der Waals surface area contributed by atoms with Crippen LogP contribution in [-0.4, -0.2) is 39.5 Å². The predicted molar refractivity (Wildman–Crippen MR) is 88.7 cm³/mol. The molecule has 10 heteroatoms. The Morgan fingerprint density at radius 2 is 1.59 bits per heavy atom. The molecule has 0 aromatic heterocycles. The van der Waals surface area contributed by atoms with Crippen LogP contribution in [0.2, 0.25) is 0 Å². The fraction of sp³-hybridized carbons (Fsp3) is 0.176. The van der Waals surface area contributed by atoms with Crippen molar-refractivity contribution in [3.8, 4) is 0 Å². The Balaban J connectivity index is 2.05. The number of sulfonamides is 1. The van der Waals surface area contributed by atoms with Gasteiger partial charge >= 0.3 is 12.1 Å². The van der Waals surface area contributed by atoms with Gasteiger partial charge in [0, 0.05) is 5.56 Å². The van der Waals surface area contributed by atoms with E-state index in [0.29, 0.717) is 5.56 Å². The van der Waals surface area contributed by atoms with E-state index in [0.717, 1.165) is 12.1 Å². The van der Waals surface area contributed by atoms with Crippen molar-refractivity contribution in [1.82, 2.24) is 4.72 Å². The van der Waals surface area contributed by atoms with E-state index in [-0.39, 0.29) is 5.56 Å². The first-order valence-corrected chi connectivity index (χ1v) is 8.99. The smallest absolute Gasteiger partial charge is 0.402 e. The van der Waals surface area contributed by atoms with E-state index < -0.39 is 46.0 Å². The number of nitrogens with one attached hydrogen (secondary N) is 1. The van der Waals surface area contributed by atoms with Crippen LogP contribution >= 0.6 is 0 Å². The molecule has 2 rings (SSSR count). The second-order valence-electron chi connectivity index (χ2n) is 5.33. The molecule has 0 saturated carbocycles. The maximum absolute atomic E-state index is 12.2. The standard InChI is InChI=1S/C17H14F3NO5S/c18-17(19,20)11-21-27(24,25)14-8-4-7-13(9-14)16(23)26-10-15(22)12-5-2-1-3-6-12/h1-9,21H,10-11H2. The number of ether oxygens (including phenoxy) is 1. The number of carbonyl (C=O) groups is 2. The summed E-state index contributed by atoms with van der Waals surface area (Å²) in [6, 6.07) is 12.4. The molecule has 0 amide bonds. The molecule has 0 radical (unpaired) electrons. The molecule has 0 spiro atoms. The van der Waals surface area contributed by atoms with Crippen molar-refractivity contribution in [3.05, 3.63) is 65.7 Å². The Morgan fingerprint density at radius 1 is 0.963 bits per heavy atom. The Bertz CT molecular complexity index is 927. The highest BCUT2D eigenvalue weighted by molar-refractivity contribution is 7.89. The van der Waals surface area contributed by atoms with Crippen LogP contribution < -0.4 is 4.72 Å². The Labute approximate surface area is 153 Å². The van der Waals surface area contributed by atoms with Crippen molar-refractivity contribution >= 4 is 21.8 Å². The summed E-state index contributed by atoms with van der Waals surface area (Å²) in [6.45, 7) is -2.30. The molecular formula is C17H14F3NO5S. The molecular weight excluding hydrogens is 387 g/mol. The molecule has 0 heterocycles. The van der Waals surface area contributed by atoms with Crippen LogP contribution in [0.5, 0.6) is 0 Å². The monoisotopic (exact) mass is 401 g/mol. The highest BCUT2D eigenvalue weighted by Crippen LogP contribution is 2.16.